The van der Waals surface area contributed by atoms with Crippen LogP contribution in [-0.4, -0.2) is 29.7 Å². The predicted molar refractivity (Wildman–Crippen MR) is 92.4 cm³/mol. The molecular weight excluding hydrogens is 244 g/mol. The first-order valence-electron chi connectivity index (χ1n) is 8.13. The van der Waals surface area contributed by atoms with Crippen LogP contribution in [0.15, 0.2) is 29.9 Å². The lowest BCUT2D eigenvalue weighted by molar-refractivity contribution is 0.158. The van der Waals surface area contributed by atoms with E-state index in [1.54, 1.807) is 6.20 Å². The summed E-state index contributed by atoms with van der Waals surface area (Å²) in [5.41, 5.74) is 1.11. The van der Waals surface area contributed by atoms with Crippen LogP contribution in [0.5, 0.6) is 0 Å². The molecule has 0 spiro atoms. The number of aliphatic imine (C=N–C) groups is 1. The van der Waals surface area contributed by atoms with Crippen LogP contribution in [0.25, 0.3) is 0 Å². The first-order chi connectivity index (χ1) is 9.60. The van der Waals surface area contributed by atoms with E-state index >= 15 is 0 Å². The van der Waals surface area contributed by atoms with Gasteiger partial charge in [-0.1, -0.05) is 33.4 Å². The molecule has 2 nitrogen and oxygen atoms in total. The number of hydrogen-bond acceptors (Lipinski definition) is 2. The fourth-order valence-corrected chi connectivity index (χ4v) is 2.74. The van der Waals surface area contributed by atoms with Gasteiger partial charge < -0.3 is 0 Å². The zero-order valence-corrected chi connectivity index (χ0v) is 14.4. The molecule has 1 unspecified atom stereocenters. The lowest BCUT2D eigenvalue weighted by atomic mass is 9.86. The van der Waals surface area contributed by atoms with Gasteiger partial charge in [0.1, 0.15) is 0 Å². The van der Waals surface area contributed by atoms with Gasteiger partial charge >= 0.3 is 0 Å². The van der Waals surface area contributed by atoms with Crippen LogP contribution in [0.1, 0.15) is 60.3 Å². The summed E-state index contributed by atoms with van der Waals surface area (Å²) in [5.74, 6) is 0.904. The quantitative estimate of drug-likeness (QED) is 0.641. The molecule has 0 heterocycles. The van der Waals surface area contributed by atoms with Crippen molar-refractivity contribution in [2.45, 2.75) is 72.4 Å². The van der Waals surface area contributed by atoms with Gasteiger partial charge in [0.15, 0.2) is 0 Å². The summed E-state index contributed by atoms with van der Waals surface area (Å²) in [5, 5.41) is 0. The average Bonchev–Trinajstić information content (AvgIpc) is 2.48. The largest absolute Gasteiger partial charge is 0.295 e. The van der Waals surface area contributed by atoms with Gasteiger partial charge in [0, 0.05) is 18.3 Å². The monoisotopic (exact) mass is 278 g/mol. The topological polar surface area (TPSA) is 15.6 Å². The van der Waals surface area contributed by atoms with Crippen molar-refractivity contribution in [3.05, 3.63) is 24.9 Å². The lowest BCUT2D eigenvalue weighted by Crippen LogP contribution is -2.44. The molecule has 0 amide bonds. The lowest BCUT2D eigenvalue weighted by Gasteiger charge is -2.37. The minimum atomic E-state index is 0.359. The van der Waals surface area contributed by atoms with E-state index in [4.69, 9.17) is 0 Å². The van der Waals surface area contributed by atoms with Crippen molar-refractivity contribution >= 4 is 5.71 Å². The van der Waals surface area contributed by atoms with Crippen LogP contribution in [0.4, 0.5) is 0 Å². The standard InChI is InChI=1S/C16H28N2.C2H6/c1-6-8-16(17-7-2)14(4)18(5)15-11-9-13(3)10-12-15;1-2/h6-8,13-15H,2,9-12H2,1,3-5H3;1-2H3/b8-6-,17-16?;. The fraction of sp³-hybridized carbons (Fsp3) is 0.722. The van der Waals surface area contributed by atoms with E-state index in [9.17, 15) is 0 Å². The van der Waals surface area contributed by atoms with Crippen molar-refractivity contribution in [2.75, 3.05) is 7.05 Å². The Morgan fingerprint density at radius 2 is 1.80 bits per heavy atom. The normalized spacial score (nSPS) is 25.2. The van der Waals surface area contributed by atoms with Crippen LogP contribution in [0, 0.1) is 5.92 Å². The molecule has 0 aromatic rings. The van der Waals surface area contributed by atoms with Crippen molar-refractivity contribution in [1.82, 2.24) is 4.90 Å². The molecular formula is C18H34N2. The van der Waals surface area contributed by atoms with Crippen molar-refractivity contribution < 1.29 is 0 Å². The Bertz CT molecular complexity index is 309. The molecule has 0 aliphatic heterocycles. The van der Waals surface area contributed by atoms with Crippen LogP contribution in [0.2, 0.25) is 0 Å². The van der Waals surface area contributed by atoms with Gasteiger partial charge in [-0.25, -0.2) is 0 Å². The highest BCUT2D eigenvalue weighted by atomic mass is 15.2. The number of nitrogens with zero attached hydrogens (tertiary/aromatic N) is 2. The van der Waals surface area contributed by atoms with Gasteiger partial charge in [0.25, 0.3) is 0 Å². The summed E-state index contributed by atoms with van der Waals surface area (Å²) in [4.78, 5) is 6.88. The maximum atomic E-state index is 4.40. The summed E-state index contributed by atoms with van der Waals surface area (Å²) in [6.07, 6.45) is 11.1. The zero-order valence-electron chi connectivity index (χ0n) is 14.4. The molecule has 20 heavy (non-hydrogen) atoms. The van der Waals surface area contributed by atoms with E-state index in [2.05, 4.69) is 49.5 Å². The third-order valence-corrected chi connectivity index (χ3v) is 4.18. The Kier molecular flexibility index (Phi) is 10.4. The molecule has 1 saturated carbocycles. The molecule has 0 aromatic carbocycles. The molecule has 0 bridgehead atoms. The molecule has 1 aliphatic rings. The highest BCUT2D eigenvalue weighted by Crippen LogP contribution is 2.27. The van der Waals surface area contributed by atoms with Gasteiger partial charge in [-0.05, 0) is 58.6 Å². The van der Waals surface area contributed by atoms with E-state index < -0.39 is 0 Å². The van der Waals surface area contributed by atoms with Crippen molar-refractivity contribution in [2.24, 2.45) is 10.9 Å². The van der Waals surface area contributed by atoms with Gasteiger partial charge in [-0.2, -0.15) is 0 Å². The van der Waals surface area contributed by atoms with E-state index in [1.165, 1.54) is 25.7 Å². The minimum Gasteiger partial charge on any atom is -0.295 e. The smallest absolute Gasteiger partial charge is 0.0569 e. The Labute approximate surface area is 126 Å². The molecule has 0 N–H and O–H groups in total. The predicted octanol–water partition coefficient (Wildman–Crippen LogP) is 5.07. The van der Waals surface area contributed by atoms with Crippen LogP contribution >= 0.6 is 0 Å². The van der Waals surface area contributed by atoms with Gasteiger partial charge in [-0.15, -0.1) is 0 Å². The number of hydrogen-bond donors (Lipinski definition) is 0. The number of allylic oxidation sites excluding steroid dienone is 1. The maximum absolute atomic E-state index is 4.40. The summed E-state index contributed by atoms with van der Waals surface area (Å²) in [7, 11) is 2.23. The fourth-order valence-electron chi connectivity index (χ4n) is 2.74. The van der Waals surface area contributed by atoms with Crippen LogP contribution < -0.4 is 0 Å². The molecule has 0 aromatic heterocycles. The van der Waals surface area contributed by atoms with Crippen LogP contribution in [0.3, 0.4) is 0 Å². The highest BCUT2D eigenvalue weighted by Gasteiger charge is 2.25. The Hall–Kier alpha value is -0.890. The first kappa shape index (κ1) is 19.1. The Morgan fingerprint density at radius 3 is 2.25 bits per heavy atom. The van der Waals surface area contributed by atoms with Gasteiger partial charge in [-0.3, -0.25) is 9.89 Å². The van der Waals surface area contributed by atoms with Gasteiger partial charge in [0.2, 0.25) is 0 Å². The second kappa shape index (κ2) is 10.8. The second-order valence-electron chi connectivity index (χ2n) is 5.49. The highest BCUT2D eigenvalue weighted by molar-refractivity contribution is 5.99. The van der Waals surface area contributed by atoms with Crippen molar-refractivity contribution in [3.63, 3.8) is 0 Å². The number of rotatable bonds is 5. The molecule has 0 saturated heterocycles. The van der Waals surface area contributed by atoms with E-state index in [0.717, 1.165) is 11.6 Å². The second-order valence-corrected chi connectivity index (χ2v) is 5.49. The molecule has 116 valence electrons. The molecule has 1 fully saturated rings. The van der Waals surface area contributed by atoms with Crippen molar-refractivity contribution in [1.29, 1.82) is 0 Å². The third-order valence-electron chi connectivity index (χ3n) is 4.18. The average molecular weight is 278 g/mol. The Balaban J connectivity index is 0.00000172. The molecule has 1 aliphatic carbocycles. The van der Waals surface area contributed by atoms with Crippen LogP contribution in [-0.2, 0) is 0 Å². The SMILES string of the molecule is C=CN=C(/C=C\C)C(C)N(C)C1CCC(C)CC1.CC. The molecule has 1 rings (SSSR count). The maximum Gasteiger partial charge on any atom is 0.0569 e. The molecule has 2 heteroatoms. The minimum absolute atomic E-state index is 0.359. The molecule has 0 radical (unpaired) electrons. The third kappa shape index (κ3) is 6.04. The first-order valence-corrected chi connectivity index (χ1v) is 8.13. The summed E-state index contributed by atoms with van der Waals surface area (Å²) in [6.45, 7) is 14.3. The van der Waals surface area contributed by atoms with Crippen molar-refractivity contribution in [3.8, 4) is 0 Å². The summed E-state index contributed by atoms with van der Waals surface area (Å²) in [6, 6.07) is 1.06. The van der Waals surface area contributed by atoms with E-state index in [0.29, 0.717) is 12.1 Å². The van der Waals surface area contributed by atoms with E-state index in [-0.39, 0.29) is 0 Å². The van der Waals surface area contributed by atoms with Gasteiger partial charge in [0.05, 0.1) is 5.71 Å². The summed E-state index contributed by atoms with van der Waals surface area (Å²) < 4.78 is 0. The zero-order chi connectivity index (χ0) is 15.5. The molecule has 1 atom stereocenters. The van der Waals surface area contributed by atoms with E-state index in [1.807, 2.05) is 20.8 Å². The summed E-state index contributed by atoms with van der Waals surface area (Å²) >= 11 is 0. The Morgan fingerprint density at radius 1 is 1.25 bits per heavy atom.